The third-order valence-electron chi connectivity index (χ3n) is 4.69. The van der Waals surface area contributed by atoms with E-state index in [1.165, 1.54) is 19.3 Å². The van der Waals surface area contributed by atoms with Crippen LogP contribution < -0.4 is 4.74 Å². The lowest BCUT2D eigenvalue weighted by Gasteiger charge is -2.55. The van der Waals surface area contributed by atoms with Crippen molar-refractivity contribution in [2.45, 2.75) is 50.7 Å². The van der Waals surface area contributed by atoms with Crippen LogP contribution in [-0.4, -0.2) is 17.3 Å². The average molecular weight is 390 g/mol. The zero-order chi connectivity index (χ0) is 13.5. The first-order valence-electron chi connectivity index (χ1n) is 6.91. The average Bonchev–Trinajstić information content (AvgIpc) is 2.42. The molecule has 0 heterocycles. The molecule has 1 aromatic carbocycles. The largest absolute Gasteiger partial charge is 0.488 e. The molecule has 2 aliphatic rings. The van der Waals surface area contributed by atoms with Gasteiger partial charge < -0.3 is 9.84 Å². The van der Waals surface area contributed by atoms with Gasteiger partial charge in [0.1, 0.15) is 11.9 Å². The van der Waals surface area contributed by atoms with Crippen LogP contribution in [0.3, 0.4) is 0 Å². The van der Waals surface area contributed by atoms with E-state index < -0.39 is 0 Å². The summed E-state index contributed by atoms with van der Waals surface area (Å²) in [5, 5.41) is 10.2. The fraction of sp³-hybridized carbons (Fsp3) is 0.600. The molecule has 104 valence electrons. The van der Waals surface area contributed by atoms with Crippen LogP contribution in [0.1, 0.15) is 38.5 Å². The molecule has 0 radical (unpaired) electrons. The molecule has 0 bridgehead atoms. The maximum absolute atomic E-state index is 10.2. The molecule has 1 N–H and O–H groups in total. The number of hydrogen-bond acceptors (Lipinski definition) is 2. The molecule has 3 rings (SSSR count). The molecule has 1 spiro atoms. The summed E-state index contributed by atoms with van der Waals surface area (Å²) in [6.07, 6.45) is 6.70. The van der Waals surface area contributed by atoms with Gasteiger partial charge in [-0.15, -0.1) is 0 Å². The first-order valence-corrected chi connectivity index (χ1v) is 8.50. The number of benzene rings is 1. The van der Waals surface area contributed by atoms with Crippen LogP contribution in [0.2, 0.25) is 0 Å². The summed E-state index contributed by atoms with van der Waals surface area (Å²) in [5.74, 6) is 0.880. The third kappa shape index (κ3) is 2.47. The maximum atomic E-state index is 10.2. The van der Waals surface area contributed by atoms with E-state index in [-0.39, 0.29) is 17.6 Å². The Morgan fingerprint density at radius 2 is 1.89 bits per heavy atom. The lowest BCUT2D eigenvalue weighted by atomic mass is 9.56. The minimum absolute atomic E-state index is 0.0186. The van der Waals surface area contributed by atoms with Crippen molar-refractivity contribution in [3.8, 4) is 5.75 Å². The lowest BCUT2D eigenvalue weighted by Crippen LogP contribution is -2.60. The number of halogens is 2. The molecular weight excluding hydrogens is 372 g/mol. The highest BCUT2D eigenvalue weighted by Crippen LogP contribution is 2.53. The van der Waals surface area contributed by atoms with Crippen LogP contribution in [0, 0.1) is 5.41 Å². The second-order valence-corrected chi connectivity index (χ2v) is 7.50. The Morgan fingerprint density at radius 1 is 1.16 bits per heavy atom. The number of aliphatic hydroxyl groups excluding tert-OH is 1. The minimum atomic E-state index is -0.174. The highest BCUT2D eigenvalue weighted by Gasteiger charge is 2.56. The highest BCUT2D eigenvalue weighted by molar-refractivity contribution is 9.11. The predicted octanol–water partition coefficient (Wildman–Crippen LogP) is 4.67. The fourth-order valence-corrected chi connectivity index (χ4v) is 4.62. The van der Waals surface area contributed by atoms with Gasteiger partial charge in [-0.05, 0) is 47.0 Å². The zero-order valence-corrected chi connectivity index (χ0v) is 13.9. The van der Waals surface area contributed by atoms with Crippen molar-refractivity contribution in [1.29, 1.82) is 0 Å². The summed E-state index contributed by atoms with van der Waals surface area (Å²) in [5.41, 5.74) is 0.0186. The van der Waals surface area contributed by atoms with E-state index in [1.807, 2.05) is 18.2 Å². The summed E-state index contributed by atoms with van der Waals surface area (Å²) in [6, 6.07) is 5.97. The quantitative estimate of drug-likeness (QED) is 0.795. The summed E-state index contributed by atoms with van der Waals surface area (Å²) < 4.78 is 8.17. The Kier molecular flexibility index (Phi) is 3.93. The summed E-state index contributed by atoms with van der Waals surface area (Å²) in [4.78, 5) is 0. The molecule has 0 amide bonds. The van der Waals surface area contributed by atoms with Crippen molar-refractivity contribution in [3.05, 3.63) is 27.1 Å². The van der Waals surface area contributed by atoms with E-state index in [9.17, 15) is 5.11 Å². The van der Waals surface area contributed by atoms with Crippen molar-refractivity contribution in [1.82, 2.24) is 0 Å². The van der Waals surface area contributed by atoms with Gasteiger partial charge in [-0.2, -0.15) is 0 Å². The van der Waals surface area contributed by atoms with Gasteiger partial charge in [0.2, 0.25) is 0 Å². The van der Waals surface area contributed by atoms with E-state index in [4.69, 9.17) is 4.74 Å². The highest BCUT2D eigenvalue weighted by atomic mass is 79.9. The van der Waals surface area contributed by atoms with Crippen LogP contribution in [0.15, 0.2) is 27.1 Å². The standard InChI is InChI=1S/C15H18Br2O2/c16-10-4-5-12(11(17)8-10)19-14-9-13(18)15(14)6-2-1-3-7-15/h4-5,8,13-14,18H,1-3,6-7,9H2. The molecule has 0 aromatic heterocycles. The van der Waals surface area contributed by atoms with E-state index >= 15 is 0 Å². The molecule has 1 aromatic rings. The fourth-order valence-electron chi connectivity index (χ4n) is 3.48. The van der Waals surface area contributed by atoms with Crippen molar-refractivity contribution in [2.75, 3.05) is 0 Å². The molecule has 2 saturated carbocycles. The second-order valence-electron chi connectivity index (χ2n) is 5.73. The Morgan fingerprint density at radius 3 is 2.53 bits per heavy atom. The minimum Gasteiger partial charge on any atom is -0.488 e. The number of rotatable bonds is 2. The van der Waals surface area contributed by atoms with Gasteiger partial charge in [-0.1, -0.05) is 35.2 Å². The van der Waals surface area contributed by atoms with Gasteiger partial charge in [0, 0.05) is 16.3 Å². The van der Waals surface area contributed by atoms with Crippen LogP contribution in [0.5, 0.6) is 5.75 Å². The van der Waals surface area contributed by atoms with E-state index in [1.54, 1.807) is 0 Å². The smallest absolute Gasteiger partial charge is 0.134 e. The van der Waals surface area contributed by atoms with Crippen molar-refractivity contribution >= 4 is 31.9 Å². The molecule has 0 saturated heterocycles. The van der Waals surface area contributed by atoms with Crippen molar-refractivity contribution in [2.24, 2.45) is 5.41 Å². The maximum Gasteiger partial charge on any atom is 0.134 e. The van der Waals surface area contributed by atoms with E-state index in [2.05, 4.69) is 31.9 Å². The predicted molar refractivity (Wildman–Crippen MR) is 82.4 cm³/mol. The molecule has 0 aliphatic heterocycles. The molecule has 19 heavy (non-hydrogen) atoms. The first kappa shape index (κ1) is 13.9. The molecule has 2 unspecified atom stereocenters. The van der Waals surface area contributed by atoms with Crippen LogP contribution in [0.4, 0.5) is 0 Å². The van der Waals surface area contributed by atoms with Crippen molar-refractivity contribution in [3.63, 3.8) is 0 Å². The van der Waals surface area contributed by atoms with Gasteiger partial charge in [-0.25, -0.2) is 0 Å². The van der Waals surface area contributed by atoms with Gasteiger partial charge in [0.05, 0.1) is 10.6 Å². The van der Waals surface area contributed by atoms with E-state index in [0.29, 0.717) is 0 Å². The Labute approximate surface area is 130 Å². The normalized spacial score (nSPS) is 29.0. The number of hydrogen-bond donors (Lipinski definition) is 1. The van der Waals surface area contributed by atoms with Crippen molar-refractivity contribution < 1.29 is 9.84 Å². The van der Waals surface area contributed by atoms with Crippen LogP contribution in [-0.2, 0) is 0 Å². The summed E-state index contributed by atoms with van der Waals surface area (Å²) in [6.45, 7) is 0. The number of aliphatic hydroxyl groups is 1. The van der Waals surface area contributed by atoms with Gasteiger partial charge in [-0.3, -0.25) is 0 Å². The zero-order valence-electron chi connectivity index (χ0n) is 10.7. The van der Waals surface area contributed by atoms with Gasteiger partial charge in [0.25, 0.3) is 0 Å². The SMILES string of the molecule is OC1CC(Oc2ccc(Br)cc2Br)C12CCCCC2. The molecule has 2 fully saturated rings. The molecule has 2 aliphatic carbocycles. The van der Waals surface area contributed by atoms with E-state index in [0.717, 1.165) is 34.0 Å². The molecule has 2 nitrogen and oxygen atoms in total. The molecule has 4 heteroatoms. The number of ether oxygens (including phenoxy) is 1. The Hall–Kier alpha value is -0.0600. The lowest BCUT2D eigenvalue weighted by molar-refractivity contribution is -0.172. The second kappa shape index (κ2) is 5.38. The van der Waals surface area contributed by atoms with Gasteiger partial charge >= 0.3 is 0 Å². The molecule has 2 atom stereocenters. The van der Waals surface area contributed by atoms with Gasteiger partial charge in [0.15, 0.2) is 0 Å². The van der Waals surface area contributed by atoms with Crippen LogP contribution >= 0.6 is 31.9 Å². The summed E-state index contributed by atoms with van der Waals surface area (Å²) >= 11 is 6.99. The van der Waals surface area contributed by atoms with Crippen LogP contribution in [0.25, 0.3) is 0 Å². The topological polar surface area (TPSA) is 29.5 Å². The molecular formula is C15H18Br2O2. The Balaban J connectivity index is 1.76. The summed E-state index contributed by atoms with van der Waals surface area (Å²) in [7, 11) is 0. The third-order valence-corrected chi connectivity index (χ3v) is 5.80. The monoisotopic (exact) mass is 388 g/mol. The first-order chi connectivity index (χ1) is 9.12. The Bertz CT molecular complexity index is 469.